The van der Waals surface area contributed by atoms with Gasteiger partial charge in [-0.1, -0.05) is 29.8 Å². The Hall–Kier alpha value is -2.04. The number of hydrogen-bond donors (Lipinski definition) is 1. The van der Waals surface area contributed by atoms with Gasteiger partial charge >= 0.3 is 0 Å². The Balaban J connectivity index is 1.64. The van der Waals surface area contributed by atoms with E-state index in [2.05, 4.69) is 10.2 Å². The van der Waals surface area contributed by atoms with E-state index >= 15 is 0 Å². The van der Waals surface area contributed by atoms with Crippen LogP contribution in [0.5, 0.6) is 0 Å². The van der Waals surface area contributed by atoms with Gasteiger partial charge in [-0.25, -0.2) is 0 Å². The number of anilines is 2. The highest BCUT2D eigenvalue weighted by Crippen LogP contribution is 2.33. The number of carbonyl (C=O) groups excluding carboxylic acids is 1. The van der Waals surface area contributed by atoms with Gasteiger partial charge in [-0.05, 0) is 48.6 Å². The second-order valence-corrected chi connectivity index (χ2v) is 7.48. The Morgan fingerprint density at radius 1 is 1.08 bits per heavy atom. The molecule has 1 aliphatic heterocycles. The quantitative estimate of drug-likeness (QED) is 0.680. The predicted octanol–water partition coefficient (Wildman–Crippen LogP) is 5.41. The third-order valence-electron chi connectivity index (χ3n) is 4.30. The Morgan fingerprint density at radius 3 is 2.67 bits per heavy atom. The lowest BCUT2D eigenvalue weighted by Gasteiger charge is -2.21. The molecular weight excluding hydrogens is 340 g/mol. The zero-order valence-electron chi connectivity index (χ0n) is 13.1. The van der Waals surface area contributed by atoms with Crippen molar-refractivity contribution in [2.45, 2.75) is 12.8 Å². The molecule has 1 aromatic heterocycles. The molecule has 2 aromatic carbocycles. The Bertz CT molecular complexity index is 866. The SMILES string of the molecule is O=C(Nc1cc(Cl)ccc1N1CCCC1)c1cc2ccccc2s1. The van der Waals surface area contributed by atoms with E-state index in [0.717, 1.165) is 34.6 Å². The van der Waals surface area contributed by atoms with Gasteiger partial charge in [-0.2, -0.15) is 0 Å². The number of nitrogens with zero attached hydrogens (tertiary/aromatic N) is 1. The fraction of sp³-hybridized carbons (Fsp3) is 0.211. The molecule has 0 saturated carbocycles. The van der Waals surface area contributed by atoms with Crippen molar-refractivity contribution in [1.29, 1.82) is 0 Å². The van der Waals surface area contributed by atoms with Crippen molar-refractivity contribution < 1.29 is 4.79 Å². The number of benzene rings is 2. The summed E-state index contributed by atoms with van der Waals surface area (Å²) in [5.41, 5.74) is 1.83. The van der Waals surface area contributed by atoms with Crippen LogP contribution >= 0.6 is 22.9 Å². The smallest absolute Gasteiger partial charge is 0.265 e. The summed E-state index contributed by atoms with van der Waals surface area (Å²) in [7, 11) is 0. The highest BCUT2D eigenvalue weighted by molar-refractivity contribution is 7.20. The molecule has 5 heteroatoms. The summed E-state index contributed by atoms with van der Waals surface area (Å²) in [5.74, 6) is -0.0843. The average molecular weight is 357 g/mol. The van der Waals surface area contributed by atoms with Crippen molar-refractivity contribution in [3.63, 3.8) is 0 Å². The molecule has 1 saturated heterocycles. The number of amides is 1. The Morgan fingerprint density at radius 2 is 1.88 bits per heavy atom. The molecule has 1 amide bonds. The lowest BCUT2D eigenvalue weighted by Crippen LogP contribution is -2.20. The van der Waals surface area contributed by atoms with Crippen molar-refractivity contribution >= 4 is 50.3 Å². The second kappa shape index (κ2) is 6.46. The van der Waals surface area contributed by atoms with Gasteiger partial charge in [0, 0.05) is 22.8 Å². The lowest BCUT2D eigenvalue weighted by molar-refractivity contribution is 0.103. The minimum atomic E-state index is -0.0843. The van der Waals surface area contributed by atoms with Crippen LogP contribution in [0.25, 0.3) is 10.1 Å². The van der Waals surface area contributed by atoms with Gasteiger partial charge in [0.2, 0.25) is 0 Å². The first-order valence-electron chi connectivity index (χ1n) is 8.05. The molecule has 1 N–H and O–H groups in total. The summed E-state index contributed by atoms with van der Waals surface area (Å²) in [6.45, 7) is 2.04. The van der Waals surface area contributed by atoms with Gasteiger partial charge in [0.15, 0.2) is 0 Å². The predicted molar refractivity (Wildman–Crippen MR) is 103 cm³/mol. The van der Waals surface area contributed by atoms with E-state index in [0.29, 0.717) is 9.90 Å². The maximum Gasteiger partial charge on any atom is 0.265 e. The van der Waals surface area contributed by atoms with E-state index in [-0.39, 0.29) is 5.91 Å². The topological polar surface area (TPSA) is 32.3 Å². The van der Waals surface area contributed by atoms with Gasteiger partial charge in [0.1, 0.15) is 0 Å². The summed E-state index contributed by atoms with van der Waals surface area (Å²) < 4.78 is 1.12. The number of fused-ring (bicyclic) bond motifs is 1. The Labute approximate surface area is 149 Å². The summed E-state index contributed by atoms with van der Waals surface area (Å²) in [6.07, 6.45) is 2.37. The first-order valence-corrected chi connectivity index (χ1v) is 9.24. The van der Waals surface area contributed by atoms with Gasteiger partial charge in [-0.15, -0.1) is 11.3 Å². The van der Waals surface area contributed by atoms with E-state index < -0.39 is 0 Å². The van der Waals surface area contributed by atoms with Crippen molar-refractivity contribution in [2.24, 2.45) is 0 Å². The fourth-order valence-electron chi connectivity index (χ4n) is 3.12. The molecule has 122 valence electrons. The molecule has 2 heterocycles. The largest absolute Gasteiger partial charge is 0.370 e. The minimum absolute atomic E-state index is 0.0843. The van der Waals surface area contributed by atoms with Crippen LogP contribution in [0.4, 0.5) is 11.4 Å². The molecule has 1 fully saturated rings. The first-order chi connectivity index (χ1) is 11.7. The third-order valence-corrected chi connectivity index (χ3v) is 5.65. The highest BCUT2D eigenvalue weighted by atomic mass is 35.5. The van der Waals surface area contributed by atoms with E-state index in [1.54, 1.807) is 0 Å². The highest BCUT2D eigenvalue weighted by Gasteiger charge is 2.18. The molecule has 24 heavy (non-hydrogen) atoms. The molecule has 3 aromatic rings. The Kier molecular flexibility index (Phi) is 4.17. The molecule has 1 aliphatic rings. The summed E-state index contributed by atoms with van der Waals surface area (Å²) in [6, 6.07) is 15.7. The molecule has 0 spiro atoms. The number of halogens is 1. The number of hydrogen-bond acceptors (Lipinski definition) is 3. The van der Waals surface area contributed by atoms with Crippen molar-refractivity contribution in [1.82, 2.24) is 0 Å². The monoisotopic (exact) mass is 356 g/mol. The third kappa shape index (κ3) is 2.99. The molecular formula is C19H17ClN2OS. The number of nitrogens with one attached hydrogen (secondary N) is 1. The van der Waals surface area contributed by atoms with E-state index in [4.69, 9.17) is 11.6 Å². The standard InChI is InChI=1S/C19H17ClN2OS/c20-14-7-8-16(22-9-3-4-10-22)15(12-14)21-19(23)18-11-13-5-1-2-6-17(13)24-18/h1-2,5-8,11-12H,3-4,9-10H2,(H,21,23). The summed E-state index contributed by atoms with van der Waals surface area (Å²) >= 11 is 7.66. The minimum Gasteiger partial charge on any atom is -0.370 e. The average Bonchev–Trinajstić information content (AvgIpc) is 3.24. The van der Waals surface area contributed by atoms with Gasteiger partial charge < -0.3 is 10.2 Å². The van der Waals surface area contributed by atoms with E-state index in [9.17, 15) is 4.79 Å². The van der Waals surface area contributed by atoms with Crippen LogP contribution in [-0.4, -0.2) is 19.0 Å². The number of thiophene rings is 1. The van der Waals surface area contributed by atoms with Crippen LogP contribution < -0.4 is 10.2 Å². The molecule has 0 radical (unpaired) electrons. The van der Waals surface area contributed by atoms with Crippen molar-refractivity contribution in [2.75, 3.05) is 23.3 Å². The molecule has 0 atom stereocenters. The molecule has 3 nitrogen and oxygen atoms in total. The van der Waals surface area contributed by atoms with Crippen LogP contribution in [-0.2, 0) is 0 Å². The molecule has 0 bridgehead atoms. The number of rotatable bonds is 3. The van der Waals surface area contributed by atoms with Crippen molar-refractivity contribution in [3.8, 4) is 0 Å². The molecule has 4 rings (SSSR count). The normalized spacial score (nSPS) is 14.3. The summed E-state index contributed by atoms with van der Waals surface area (Å²) in [5, 5.41) is 4.78. The second-order valence-electron chi connectivity index (χ2n) is 5.96. The van der Waals surface area contributed by atoms with Crippen LogP contribution in [0, 0.1) is 0 Å². The van der Waals surface area contributed by atoms with E-state index in [1.165, 1.54) is 24.2 Å². The van der Waals surface area contributed by atoms with Gasteiger partial charge in [0.05, 0.1) is 16.3 Å². The van der Waals surface area contributed by atoms with Crippen molar-refractivity contribution in [3.05, 3.63) is 58.4 Å². The number of carbonyl (C=O) groups is 1. The van der Waals surface area contributed by atoms with Gasteiger partial charge in [0.25, 0.3) is 5.91 Å². The zero-order chi connectivity index (χ0) is 16.5. The molecule has 0 unspecified atom stereocenters. The van der Waals surface area contributed by atoms with Gasteiger partial charge in [-0.3, -0.25) is 4.79 Å². The van der Waals surface area contributed by atoms with Crippen LogP contribution in [0.3, 0.4) is 0 Å². The lowest BCUT2D eigenvalue weighted by atomic mass is 10.2. The van der Waals surface area contributed by atoms with E-state index in [1.807, 2.05) is 48.5 Å². The maximum atomic E-state index is 12.7. The molecule has 0 aliphatic carbocycles. The van der Waals surface area contributed by atoms with Crippen LogP contribution in [0.1, 0.15) is 22.5 Å². The first kappa shape index (κ1) is 15.5. The summed E-state index contributed by atoms with van der Waals surface area (Å²) in [4.78, 5) is 15.7. The maximum absolute atomic E-state index is 12.7. The van der Waals surface area contributed by atoms with Crippen LogP contribution in [0.2, 0.25) is 5.02 Å². The zero-order valence-corrected chi connectivity index (χ0v) is 14.7. The van der Waals surface area contributed by atoms with Crippen LogP contribution in [0.15, 0.2) is 48.5 Å². The fourth-order valence-corrected chi connectivity index (χ4v) is 4.25.